The topological polar surface area (TPSA) is 80.9 Å². The number of nitrogens with two attached hydrogens (primary N) is 1. The summed E-state index contributed by atoms with van der Waals surface area (Å²) in [5, 5.41) is 2.77. The molecule has 0 atom stereocenters. The highest BCUT2D eigenvalue weighted by atomic mass is 32.1. The Balaban J connectivity index is 2.04. The van der Waals surface area contributed by atoms with Crippen molar-refractivity contribution in [2.45, 2.75) is 6.54 Å². The van der Waals surface area contributed by atoms with E-state index in [1.807, 2.05) is 0 Å². The van der Waals surface area contributed by atoms with Crippen LogP contribution < -0.4 is 11.1 Å². The van der Waals surface area contributed by atoms with Crippen LogP contribution in [-0.2, 0) is 6.54 Å². The van der Waals surface area contributed by atoms with Gasteiger partial charge in [-0.1, -0.05) is 24.4 Å². The Morgan fingerprint density at radius 3 is 2.79 bits per heavy atom. The molecule has 0 fully saturated rings. The van der Waals surface area contributed by atoms with Crippen molar-refractivity contribution in [3.05, 3.63) is 59.7 Å². The van der Waals surface area contributed by atoms with Gasteiger partial charge in [-0.05, 0) is 18.2 Å². The second kappa shape index (κ2) is 6.01. The van der Waals surface area contributed by atoms with Gasteiger partial charge in [0.15, 0.2) is 0 Å². The second-order valence-corrected chi connectivity index (χ2v) is 4.27. The van der Waals surface area contributed by atoms with Crippen LogP contribution in [0, 0.1) is 0 Å². The van der Waals surface area contributed by atoms with E-state index in [1.165, 1.54) is 6.33 Å². The minimum Gasteiger partial charge on any atom is -0.389 e. The van der Waals surface area contributed by atoms with Gasteiger partial charge in [0, 0.05) is 17.3 Å². The fraction of sp³-hybridized carbons (Fsp3) is 0.0769. The molecule has 2 rings (SSSR count). The number of nitrogens with zero attached hydrogens (tertiary/aromatic N) is 2. The number of hydrogen-bond donors (Lipinski definition) is 2. The van der Waals surface area contributed by atoms with Crippen molar-refractivity contribution in [1.82, 2.24) is 15.3 Å². The van der Waals surface area contributed by atoms with E-state index >= 15 is 0 Å². The molecule has 0 spiro atoms. The van der Waals surface area contributed by atoms with Gasteiger partial charge in [0.1, 0.15) is 11.3 Å². The molecule has 1 heterocycles. The third-order valence-electron chi connectivity index (χ3n) is 2.48. The van der Waals surface area contributed by atoms with E-state index in [-0.39, 0.29) is 10.9 Å². The Kier molecular flexibility index (Phi) is 4.15. The molecule has 19 heavy (non-hydrogen) atoms. The number of nitrogens with one attached hydrogen (secondary N) is 1. The number of amides is 1. The van der Waals surface area contributed by atoms with Crippen LogP contribution in [0.25, 0.3) is 0 Å². The van der Waals surface area contributed by atoms with Crippen molar-refractivity contribution in [3.63, 3.8) is 0 Å². The summed E-state index contributed by atoms with van der Waals surface area (Å²) in [6, 6.07) is 8.62. The smallest absolute Gasteiger partial charge is 0.251 e. The molecule has 6 heteroatoms. The fourth-order valence-electron chi connectivity index (χ4n) is 1.51. The number of thiocarbonyl (C=S) groups is 1. The molecule has 0 aliphatic heterocycles. The summed E-state index contributed by atoms with van der Waals surface area (Å²) in [5.74, 6) is -0.197. The van der Waals surface area contributed by atoms with Gasteiger partial charge in [-0.2, -0.15) is 0 Å². The Hall–Kier alpha value is -2.34. The maximum Gasteiger partial charge on any atom is 0.251 e. The first-order valence-corrected chi connectivity index (χ1v) is 6.00. The molecule has 1 aromatic heterocycles. The monoisotopic (exact) mass is 272 g/mol. The van der Waals surface area contributed by atoms with Gasteiger partial charge >= 0.3 is 0 Å². The highest BCUT2D eigenvalue weighted by molar-refractivity contribution is 7.80. The molecule has 0 radical (unpaired) electrons. The molecule has 0 aliphatic carbocycles. The largest absolute Gasteiger partial charge is 0.389 e. The van der Waals surface area contributed by atoms with Gasteiger partial charge in [-0.3, -0.25) is 4.79 Å². The predicted octanol–water partition coefficient (Wildman–Crippen LogP) is 1.04. The van der Waals surface area contributed by atoms with Gasteiger partial charge in [0.25, 0.3) is 5.91 Å². The number of benzene rings is 1. The van der Waals surface area contributed by atoms with Gasteiger partial charge in [0.2, 0.25) is 0 Å². The van der Waals surface area contributed by atoms with Gasteiger partial charge in [-0.15, -0.1) is 0 Å². The molecule has 2 aromatic rings. The normalized spacial score (nSPS) is 9.89. The number of aromatic nitrogens is 2. The summed E-state index contributed by atoms with van der Waals surface area (Å²) in [7, 11) is 0. The molecule has 3 N–H and O–H groups in total. The molecular formula is C13H12N4OS. The molecule has 0 saturated heterocycles. The van der Waals surface area contributed by atoms with Crippen molar-refractivity contribution >= 4 is 23.1 Å². The van der Waals surface area contributed by atoms with E-state index in [9.17, 15) is 4.79 Å². The number of carbonyl (C=O) groups excluding carboxylic acids is 1. The number of rotatable bonds is 4. The predicted molar refractivity (Wildman–Crippen MR) is 75.5 cm³/mol. The first kappa shape index (κ1) is 13.1. The molecule has 1 amide bonds. The summed E-state index contributed by atoms with van der Waals surface area (Å²) in [6.07, 6.45) is 3.07. The summed E-state index contributed by atoms with van der Waals surface area (Å²) in [6.45, 7) is 0.346. The number of hydrogen-bond acceptors (Lipinski definition) is 4. The molecule has 96 valence electrons. The van der Waals surface area contributed by atoms with Crippen molar-refractivity contribution in [1.29, 1.82) is 0 Å². The first-order chi connectivity index (χ1) is 9.16. The third-order valence-corrected chi connectivity index (χ3v) is 2.72. The van der Waals surface area contributed by atoms with E-state index in [0.29, 0.717) is 17.7 Å². The first-order valence-electron chi connectivity index (χ1n) is 5.60. The van der Waals surface area contributed by atoms with Crippen LogP contribution in [0.3, 0.4) is 0 Å². The van der Waals surface area contributed by atoms with E-state index in [4.69, 9.17) is 18.0 Å². The van der Waals surface area contributed by atoms with Gasteiger partial charge in [-0.25, -0.2) is 9.97 Å². The summed E-state index contributed by atoms with van der Waals surface area (Å²) in [4.78, 5) is 20.1. The number of carbonyl (C=O) groups is 1. The average Bonchev–Trinajstić information content (AvgIpc) is 2.46. The molecule has 0 unspecified atom stereocenters. The van der Waals surface area contributed by atoms with Crippen LogP contribution in [0.1, 0.15) is 21.6 Å². The van der Waals surface area contributed by atoms with Crippen LogP contribution in [0.4, 0.5) is 0 Å². The lowest BCUT2D eigenvalue weighted by Crippen LogP contribution is -2.23. The van der Waals surface area contributed by atoms with E-state index < -0.39 is 0 Å². The maximum absolute atomic E-state index is 12.0. The average molecular weight is 272 g/mol. The lowest BCUT2D eigenvalue weighted by atomic mass is 10.1. The molecule has 0 bridgehead atoms. The lowest BCUT2D eigenvalue weighted by Gasteiger charge is -2.06. The van der Waals surface area contributed by atoms with Crippen molar-refractivity contribution < 1.29 is 4.79 Å². The van der Waals surface area contributed by atoms with Crippen molar-refractivity contribution in [3.8, 4) is 0 Å². The Morgan fingerprint density at radius 1 is 1.32 bits per heavy atom. The maximum atomic E-state index is 12.0. The summed E-state index contributed by atoms with van der Waals surface area (Å²) >= 11 is 4.88. The van der Waals surface area contributed by atoms with Crippen molar-refractivity contribution in [2.75, 3.05) is 0 Å². The Bertz CT molecular complexity index is 601. The molecule has 1 aromatic carbocycles. The summed E-state index contributed by atoms with van der Waals surface area (Å²) in [5.41, 5.74) is 7.46. The van der Waals surface area contributed by atoms with E-state index in [1.54, 1.807) is 36.5 Å². The molecule has 0 saturated carbocycles. The standard InChI is InChI=1S/C13H12N4OS/c14-12(19)9-2-1-3-10(6-9)13(18)16-7-11-4-5-15-8-17-11/h1-6,8H,7H2,(H2,14,19)(H,16,18). The third kappa shape index (κ3) is 3.56. The second-order valence-electron chi connectivity index (χ2n) is 3.83. The summed E-state index contributed by atoms with van der Waals surface area (Å²) < 4.78 is 0. The quantitative estimate of drug-likeness (QED) is 0.813. The highest BCUT2D eigenvalue weighted by Gasteiger charge is 2.07. The molecule has 5 nitrogen and oxygen atoms in total. The zero-order chi connectivity index (χ0) is 13.7. The van der Waals surface area contributed by atoms with Crippen LogP contribution in [-0.4, -0.2) is 20.9 Å². The van der Waals surface area contributed by atoms with E-state index in [0.717, 1.165) is 5.69 Å². The molecule has 0 aliphatic rings. The minimum atomic E-state index is -0.197. The zero-order valence-electron chi connectivity index (χ0n) is 10.0. The zero-order valence-corrected chi connectivity index (χ0v) is 10.9. The van der Waals surface area contributed by atoms with E-state index in [2.05, 4.69) is 15.3 Å². The van der Waals surface area contributed by atoms with Crippen LogP contribution in [0.5, 0.6) is 0 Å². The Morgan fingerprint density at radius 2 is 2.11 bits per heavy atom. The van der Waals surface area contributed by atoms with Gasteiger partial charge < -0.3 is 11.1 Å². The van der Waals surface area contributed by atoms with Gasteiger partial charge in [0.05, 0.1) is 12.2 Å². The minimum absolute atomic E-state index is 0.197. The van der Waals surface area contributed by atoms with Crippen LogP contribution in [0.15, 0.2) is 42.9 Å². The molecular weight excluding hydrogens is 260 g/mol. The van der Waals surface area contributed by atoms with Crippen LogP contribution in [0.2, 0.25) is 0 Å². The Labute approximate surface area is 115 Å². The fourth-order valence-corrected chi connectivity index (χ4v) is 1.64. The lowest BCUT2D eigenvalue weighted by molar-refractivity contribution is 0.0950. The van der Waals surface area contributed by atoms with Crippen molar-refractivity contribution in [2.24, 2.45) is 5.73 Å². The SMILES string of the molecule is NC(=S)c1cccc(C(=O)NCc2ccncn2)c1. The van der Waals surface area contributed by atoms with Crippen LogP contribution >= 0.6 is 12.2 Å². The highest BCUT2D eigenvalue weighted by Crippen LogP contribution is 2.05.